The van der Waals surface area contributed by atoms with Gasteiger partial charge in [-0.1, -0.05) is 10.1 Å². The van der Waals surface area contributed by atoms with Crippen molar-refractivity contribution in [3.05, 3.63) is 23.2 Å². The Bertz CT molecular complexity index is 243. The third kappa shape index (κ3) is 2.39. The van der Waals surface area contributed by atoms with Crippen LogP contribution in [0.4, 0.5) is 0 Å². The molecule has 1 unspecified atom stereocenters. The quantitative estimate of drug-likeness (QED) is 0.723. The molecule has 3 nitrogen and oxygen atoms in total. The lowest BCUT2D eigenvalue weighted by molar-refractivity contribution is 0.599. The highest BCUT2D eigenvalue weighted by atomic mass is 32.1. The Labute approximate surface area is 76.7 Å². The van der Waals surface area contributed by atoms with E-state index in [-0.39, 0.29) is 0 Å². The van der Waals surface area contributed by atoms with E-state index < -0.39 is 0 Å². The van der Waals surface area contributed by atoms with E-state index in [1.54, 1.807) is 6.20 Å². The standard InChI is InChI=1S/C8H13N3S/c1-6(2)4-7(9-3)8-5-10-11-12-8/h5,7,9H,1,4H2,2-3H3. The lowest BCUT2D eigenvalue weighted by atomic mass is 10.1. The first-order chi connectivity index (χ1) is 5.74. The van der Waals surface area contributed by atoms with Gasteiger partial charge < -0.3 is 5.32 Å². The van der Waals surface area contributed by atoms with E-state index in [1.807, 2.05) is 14.0 Å². The summed E-state index contributed by atoms with van der Waals surface area (Å²) in [7, 11) is 1.94. The molecule has 0 aromatic carbocycles. The number of nitrogens with one attached hydrogen (secondary N) is 1. The SMILES string of the molecule is C=C(C)CC(NC)c1cnns1. The number of nitrogens with zero attached hydrogens (tertiary/aromatic N) is 2. The van der Waals surface area contributed by atoms with Crippen molar-refractivity contribution in [3.63, 3.8) is 0 Å². The third-order valence-electron chi connectivity index (χ3n) is 1.62. The van der Waals surface area contributed by atoms with E-state index in [0.717, 1.165) is 6.42 Å². The second kappa shape index (κ2) is 4.33. The Morgan fingerprint density at radius 1 is 1.83 bits per heavy atom. The van der Waals surface area contributed by atoms with Gasteiger partial charge in [0.25, 0.3) is 0 Å². The molecule has 1 aromatic heterocycles. The second-order valence-corrected chi connectivity index (χ2v) is 3.64. The van der Waals surface area contributed by atoms with Crippen LogP contribution in [0.3, 0.4) is 0 Å². The Morgan fingerprint density at radius 3 is 3.00 bits per heavy atom. The molecule has 1 atom stereocenters. The normalized spacial score (nSPS) is 12.8. The minimum Gasteiger partial charge on any atom is -0.312 e. The summed E-state index contributed by atoms with van der Waals surface area (Å²) < 4.78 is 3.82. The first-order valence-electron chi connectivity index (χ1n) is 3.83. The number of rotatable bonds is 4. The first kappa shape index (κ1) is 9.35. The highest BCUT2D eigenvalue weighted by Crippen LogP contribution is 2.21. The summed E-state index contributed by atoms with van der Waals surface area (Å²) >= 11 is 1.43. The molecule has 0 saturated carbocycles. The van der Waals surface area contributed by atoms with E-state index >= 15 is 0 Å². The molecule has 0 aliphatic heterocycles. The molecular formula is C8H13N3S. The molecule has 0 amide bonds. The predicted octanol–water partition coefficient (Wildman–Crippen LogP) is 1.76. The summed E-state index contributed by atoms with van der Waals surface area (Å²) in [6.07, 6.45) is 2.75. The Hall–Kier alpha value is -0.740. The fourth-order valence-corrected chi connectivity index (χ4v) is 1.63. The van der Waals surface area contributed by atoms with Gasteiger partial charge in [0.2, 0.25) is 0 Å². The van der Waals surface area contributed by atoms with Crippen LogP contribution in [0.15, 0.2) is 18.3 Å². The smallest absolute Gasteiger partial charge is 0.0669 e. The molecule has 0 fully saturated rings. The maximum atomic E-state index is 3.88. The fourth-order valence-electron chi connectivity index (χ4n) is 1.02. The van der Waals surface area contributed by atoms with Gasteiger partial charge in [0.1, 0.15) is 0 Å². The summed E-state index contributed by atoms with van der Waals surface area (Å²) in [6.45, 7) is 5.90. The zero-order chi connectivity index (χ0) is 8.97. The Morgan fingerprint density at radius 2 is 2.58 bits per heavy atom. The van der Waals surface area contributed by atoms with Crippen LogP contribution in [0.5, 0.6) is 0 Å². The average Bonchev–Trinajstić information content (AvgIpc) is 2.51. The maximum absolute atomic E-state index is 3.88. The topological polar surface area (TPSA) is 37.8 Å². The van der Waals surface area contributed by atoms with Crippen molar-refractivity contribution >= 4 is 11.5 Å². The lowest BCUT2D eigenvalue weighted by Crippen LogP contribution is -2.15. The van der Waals surface area contributed by atoms with E-state index in [4.69, 9.17) is 0 Å². The van der Waals surface area contributed by atoms with Crippen LogP contribution < -0.4 is 5.32 Å². The van der Waals surface area contributed by atoms with Gasteiger partial charge in [-0.3, -0.25) is 0 Å². The van der Waals surface area contributed by atoms with Crippen LogP contribution in [-0.2, 0) is 0 Å². The molecular weight excluding hydrogens is 170 g/mol. The van der Waals surface area contributed by atoms with Crippen LogP contribution in [0.25, 0.3) is 0 Å². The molecule has 4 heteroatoms. The highest BCUT2D eigenvalue weighted by Gasteiger charge is 2.10. The molecule has 1 N–H and O–H groups in total. The van der Waals surface area contributed by atoms with Crippen molar-refractivity contribution in [1.82, 2.24) is 14.9 Å². The lowest BCUT2D eigenvalue weighted by Gasteiger charge is -2.12. The largest absolute Gasteiger partial charge is 0.312 e. The summed E-state index contributed by atoms with van der Waals surface area (Å²) in [5, 5.41) is 7.00. The summed E-state index contributed by atoms with van der Waals surface area (Å²) in [5.41, 5.74) is 1.17. The monoisotopic (exact) mass is 183 g/mol. The van der Waals surface area contributed by atoms with Crippen molar-refractivity contribution in [1.29, 1.82) is 0 Å². The van der Waals surface area contributed by atoms with Crippen molar-refractivity contribution in [3.8, 4) is 0 Å². The zero-order valence-corrected chi connectivity index (χ0v) is 8.19. The minimum atomic E-state index is 0.322. The van der Waals surface area contributed by atoms with Crippen molar-refractivity contribution < 1.29 is 0 Å². The van der Waals surface area contributed by atoms with E-state index in [0.29, 0.717) is 6.04 Å². The number of aromatic nitrogens is 2. The molecule has 0 saturated heterocycles. The highest BCUT2D eigenvalue weighted by molar-refractivity contribution is 7.05. The predicted molar refractivity (Wildman–Crippen MR) is 51.1 cm³/mol. The van der Waals surface area contributed by atoms with Crippen LogP contribution in [0.2, 0.25) is 0 Å². The van der Waals surface area contributed by atoms with Gasteiger partial charge in [0.15, 0.2) is 0 Å². The Kier molecular flexibility index (Phi) is 3.37. The summed E-state index contributed by atoms with van der Waals surface area (Å²) in [6, 6.07) is 0.322. The molecule has 1 aromatic rings. The van der Waals surface area contributed by atoms with Gasteiger partial charge in [0.05, 0.1) is 11.1 Å². The fraction of sp³-hybridized carbons (Fsp3) is 0.500. The molecule has 0 bridgehead atoms. The van der Waals surface area contributed by atoms with Gasteiger partial charge >= 0.3 is 0 Å². The second-order valence-electron chi connectivity index (χ2n) is 2.82. The van der Waals surface area contributed by atoms with Gasteiger partial charge in [0, 0.05) is 6.04 Å². The first-order valence-corrected chi connectivity index (χ1v) is 4.60. The molecule has 0 radical (unpaired) electrons. The van der Waals surface area contributed by atoms with Crippen LogP contribution in [0, 0.1) is 0 Å². The number of hydrogen-bond donors (Lipinski definition) is 1. The molecule has 12 heavy (non-hydrogen) atoms. The maximum Gasteiger partial charge on any atom is 0.0669 e. The zero-order valence-electron chi connectivity index (χ0n) is 7.37. The molecule has 1 heterocycles. The third-order valence-corrected chi connectivity index (χ3v) is 2.40. The van der Waals surface area contributed by atoms with E-state index in [9.17, 15) is 0 Å². The number of hydrogen-bond acceptors (Lipinski definition) is 4. The van der Waals surface area contributed by atoms with Gasteiger partial charge in [-0.25, -0.2) is 0 Å². The Balaban J connectivity index is 2.63. The molecule has 0 spiro atoms. The van der Waals surface area contributed by atoms with Gasteiger partial charge in [-0.15, -0.1) is 11.7 Å². The van der Waals surface area contributed by atoms with E-state index in [2.05, 4.69) is 21.5 Å². The molecule has 0 aliphatic carbocycles. The van der Waals surface area contributed by atoms with Crippen molar-refractivity contribution in [2.45, 2.75) is 19.4 Å². The molecule has 66 valence electrons. The summed E-state index contributed by atoms with van der Waals surface area (Å²) in [5.74, 6) is 0. The van der Waals surface area contributed by atoms with Gasteiger partial charge in [-0.05, 0) is 31.9 Å². The van der Waals surface area contributed by atoms with E-state index in [1.165, 1.54) is 22.0 Å². The van der Waals surface area contributed by atoms with Crippen molar-refractivity contribution in [2.75, 3.05) is 7.05 Å². The van der Waals surface area contributed by atoms with Gasteiger partial charge in [-0.2, -0.15) is 0 Å². The van der Waals surface area contributed by atoms with Crippen molar-refractivity contribution in [2.24, 2.45) is 0 Å². The van der Waals surface area contributed by atoms with Crippen LogP contribution >= 0.6 is 11.5 Å². The van der Waals surface area contributed by atoms with Crippen LogP contribution in [0.1, 0.15) is 24.3 Å². The minimum absolute atomic E-state index is 0.322. The van der Waals surface area contributed by atoms with Crippen LogP contribution in [-0.4, -0.2) is 16.6 Å². The summed E-state index contributed by atoms with van der Waals surface area (Å²) in [4.78, 5) is 1.17. The molecule has 0 aliphatic rings. The molecule has 1 rings (SSSR count). The average molecular weight is 183 g/mol.